The van der Waals surface area contributed by atoms with Crippen LogP contribution in [0.15, 0.2) is 30.4 Å². The summed E-state index contributed by atoms with van der Waals surface area (Å²) >= 11 is 0. The molecule has 4 heteroatoms. The number of rotatable bonds is 9. The minimum atomic E-state index is 0.594. The van der Waals surface area contributed by atoms with Crippen LogP contribution in [0.4, 0.5) is 11.4 Å². The van der Waals surface area contributed by atoms with Gasteiger partial charge in [0.15, 0.2) is 0 Å². The first kappa shape index (κ1) is 15.4. The Morgan fingerprint density at radius 1 is 1.37 bits per heavy atom. The molecule has 0 aromatic heterocycles. The Balaban J connectivity index is 2.42. The van der Waals surface area contributed by atoms with E-state index >= 15 is 0 Å². The number of nitrogens with one attached hydrogen (secondary N) is 1. The van der Waals surface area contributed by atoms with Gasteiger partial charge in [0.25, 0.3) is 0 Å². The second-order valence-corrected chi connectivity index (χ2v) is 4.50. The number of nitrogens with two attached hydrogens (primary N) is 1. The highest BCUT2D eigenvalue weighted by molar-refractivity contribution is 5.72. The summed E-state index contributed by atoms with van der Waals surface area (Å²) < 4.78 is 11.0. The molecular formula is C15H24N2O2. The fourth-order valence-corrected chi connectivity index (χ4v) is 1.54. The third kappa shape index (κ3) is 5.66. The van der Waals surface area contributed by atoms with Crippen LogP contribution in [0.3, 0.4) is 0 Å². The summed E-state index contributed by atoms with van der Waals surface area (Å²) in [5, 5.41) is 3.24. The van der Waals surface area contributed by atoms with Gasteiger partial charge >= 0.3 is 0 Å². The molecule has 0 heterocycles. The van der Waals surface area contributed by atoms with E-state index < -0.39 is 0 Å². The second-order valence-electron chi connectivity index (χ2n) is 4.50. The summed E-state index contributed by atoms with van der Waals surface area (Å²) in [5.74, 6) is 0.731. The Kier molecular flexibility index (Phi) is 6.82. The highest BCUT2D eigenvalue weighted by Crippen LogP contribution is 2.29. The Morgan fingerprint density at radius 3 is 2.84 bits per heavy atom. The largest absolute Gasteiger partial charge is 0.491 e. The van der Waals surface area contributed by atoms with E-state index in [4.69, 9.17) is 15.2 Å². The van der Waals surface area contributed by atoms with Crippen molar-refractivity contribution in [2.75, 3.05) is 37.4 Å². The van der Waals surface area contributed by atoms with E-state index in [2.05, 4.69) is 18.8 Å². The first-order valence-corrected chi connectivity index (χ1v) is 6.62. The van der Waals surface area contributed by atoms with Gasteiger partial charge in [0.05, 0.1) is 31.2 Å². The average Bonchev–Trinajstić information content (AvgIpc) is 2.38. The molecule has 19 heavy (non-hydrogen) atoms. The molecular weight excluding hydrogens is 240 g/mol. The fraction of sp³-hybridized carbons (Fsp3) is 0.467. The zero-order valence-electron chi connectivity index (χ0n) is 11.9. The molecule has 0 fully saturated rings. The number of anilines is 2. The molecule has 3 N–H and O–H groups in total. The van der Waals surface area contributed by atoms with Crippen LogP contribution in [-0.2, 0) is 4.74 Å². The third-order valence-electron chi connectivity index (χ3n) is 2.44. The third-order valence-corrected chi connectivity index (χ3v) is 2.44. The summed E-state index contributed by atoms with van der Waals surface area (Å²) in [5.41, 5.74) is 8.60. The van der Waals surface area contributed by atoms with Crippen molar-refractivity contribution in [3.05, 3.63) is 30.4 Å². The Bertz CT molecular complexity index is 405. The summed E-state index contributed by atoms with van der Waals surface area (Å²) in [4.78, 5) is 0. The molecule has 0 spiro atoms. The monoisotopic (exact) mass is 264 g/mol. The molecule has 0 atom stereocenters. The summed E-state index contributed by atoms with van der Waals surface area (Å²) in [6.07, 6.45) is 0.964. The van der Waals surface area contributed by atoms with Crippen molar-refractivity contribution in [3.63, 3.8) is 0 Å². The molecule has 0 unspecified atom stereocenters. The predicted octanol–water partition coefficient (Wildman–Crippen LogP) is 3.06. The topological polar surface area (TPSA) is 56.5 Å². The molecule has 0 saturated heterocycles. The SMILES string of the molecule is C=C(C)COCCNc1cccc(OCCC)c1N. The lowest BCUT2D eigenvalue weighted by molar-refractivity contribution is 0.167. The van der Waals surface area contributed by atoms with Gasteiger partial charge in [0, 0.05) is 6.54 Å². The van der Waals surface area contributed by atoms with Gasteiger partial charge in [-0.25, -0.2) is 0 Å². The van der Waals surface area contributed by atoms with Gasteiger partial charge in [-0.3, -0.25) is 0 Å². The van der Waals surface area contributed by atoms with E-state index in [0.717, 1.165) is 23.4 Å². The summed E-state index contributed by atoms with van der Waals surface area (Å²) in [6, 6.07) is 5.75. The fourth-order valence-electron chi connectivity index (χ4n) is 1.54. The zero-order valence-corrected chi connectivity index (χ0v) is 11.9. The van der Waals surface area contributed by atoms with Gasteiger partial charge in [0.2, 0.25) is 0 Å². The number of hydrogen-bond acceptors (Lipinski definition) is 4. The minimum Gasteiger partial charge on any atom is -0.491 e. The smallest absolute Gasteiger partial charge is 0.144 e. The van der Waals surface area contributed by atoms with Crippen LogP contribution in [0.5, 0.6) is 5.75 Å². The van der Waals surface area contributed by atoms with E-state index in [-0.39, 0.29) is 0 Å². The van der Waals surface area contributed by atoms with E-state index in [1.165, 1.54) is 0 Å². The highest BCUT2D eigenvalue weighted by Gasteiger charge is 2.05. The first-order valence-electron chi connectivity index (χ1n) is 6.62. The number of benzene rings is 1. The molecule has 1 aromatic carbocycles. The normalized spacial score (nSPS) is 10.2. The van der Waals surface area contributed by atoms with Gasteiger partial charge in [-0.15, -0.1) is 0 Å². The zero-order chi connectivity index (χ0) is 14.1. The molecule has 1 aromatic rings. The molecule has 0 saturated carbocycles. The highest BCUT2D eigenvalue weighted by atomic mass is 16.5. The Morgan fingerprint density at radius 2 is 2.16 bits per heavy atom. The summed E-state index contributed by atoms with van der Waals surface area (Å²) in [7, 11) is 0. The number of ether oxygens (including phenoxy) is 2. The van der Waals surface area contributed by atoms with Crippen LogP contribution >= 0.6 is 0 Å². The van der Waals surface area contributed by atoms with E-state index in [1.807, 2.05) is 25.1 Å². The molecule has 1 rings (SSSR count). The van der Waals surface area contributed by atoms with Crippen LogP contribution in [0, 0.1) is 0 Å². The molecule has 4 nitrogen and oxygen atoms in total. The Hall–Kier alpha value is -1.68. The lowest BCUT2D eigenvalue weighted by Gasteiger charge is -2.13. The van der Waals surface area contributed by atoms with Crippen LogP contribution < -0.4 is 15.8 Å². The quantitative estimate of drug-likeness (QED) is 0.409. The van der Waals surface area contributed by atoms with E-state index in [0.29, 0.717) is 32.1 Å². The minimum absolute atomic E-state index is 0.594. The number of para-hydroxylation sites is 1. The van der Waals surface area contributed by atoms with Gasteiger partial charge in [-0.1, -0.05) is 25.1 Å². The van der Waals surface area contributed by atoms with Gasteiger partial charge < -0.3 is 20.5 Å². The van der Waals surface area contributed by atoms with Crippen LogP contribution in [0.1, 0.15) is 20.3 Å². The predicted molar refractivity (Wildman–Crippen MR) is 80.8 cm³/mol. The van der Waals surface area contributed by atoms with Crippen LogP contribution in [0.2, 0.25) is 0 Å². The van der Waals surface area contributed by atoms with Crippen molar-refractivity contribution < 1.29 is 9.47 Å². The van der Waals surface area contributed by atoms with Gasteiger partial charge in [-0.2, -0.15) is 0 Å². The first-order chi connectivity index (χ1) is 9.15. The maximum Gasteiger partial charge on any atom is 0.144 e. The van der Waals surface area contributed by atoms with Crippen molar-refractivity contribution in [2.45, 2.75) is 20.3 Å². The molecule has 0 amide bonds. The molecule has 106 valence electrons. The number of nitrogen functional groups attached to an aromatic ring is 1. The molecule has 0 aliphatic carbocycles. The molecule has 0 aliphatic rings. The van der Waals surface area contributed by atoms with Crippen molar-refractivity contribution in [2.24, 2.45) is 0 Å². The molecule has 0 radical (unpaired) electrons. The van der Waals surface area contributed by atoms with Crippen molar-refractivity contribution in [1.82, 2.24) is 0 Å². The van der Waals surface area contributed by atoms with Crippen molar-refractivity contribution in [1.29, 1.82) is 0 Å². The second kappa shape index (κ2) is 8.43. The van der Waals surface area contributed by atoms with Gasteiger partial charge in [0.1, 0.15) is 5.75 Å². The summed E-state index contributed by atoms with van der Waals surface area (Å²) in [6.45, 7) is 10.4. The lowest BCUT2D eigenvalue weighted by atomic mass is 10.2. The maximum atomic E-state index is 6.04. The maximum absolute atomic E-state index is 6.04. The van der Waals surface area contributed by atoms with Crippen LogP contribution in [0.25, 0.3) is 0 Å². The lowest BCUT2D eigenvalue weighted by Crippen LogP contribution is -2.12. The number of hydrogen-bond donors (Lipinski definition) is 2. The van der Waals surface area contributed by atoms with E-state index in [9.17, 15) is 0 Å². The Labute approximate surface area is 115 Å². The molecule has 0 aliphatic heterocycles. The molecule has 0 bridgehead atoms. The van der Waals surface area contributed by atoms with Crippen molar-refractivity contribution in [3.8, 4) is 5.75 Å². The standard InChI is InChI=1S/C15H24N2O2/c1-4-9-19-14-7-5-6-13(15(14)16)17-8-10-18-11-12(2)3/h5-7,17H,2,4,8-11,16H2,1,3H3. The van der Waals surface area contributed by atoms with Crippen molar-refractivity contribution >= 4 is 11.4 Å². The van der Waals surface area contributed by atoms with Crippen LogP contribution in [-0.4, -0.2) is 26.4 Å². The van der Waals surface area contributed by atoms with Gasteiger partial charge in [-0.05, 0) is 25.5 Å². The average molecular weight is 264 g/mol. The van der Waals surface area contributed by atoms with E-state index in [1.54, 1.807) is 0 Å².